The topological polar surface area (TPSA) is 68.2 Å². The number of ether oxygens (including phenoxy) is 3. The summed E-state index contributed by atoms with van der Waals surface area (Å²) in [5, 5.41) is 3.42. The number of aryl methyl sites for hydroxylation is 1. The Hall–Kier alpha value is -2.64. The van der Waals surface area contributed by atoms with Gasteiger partial charge in [0.1, 0.15) is 12.7 Å². The number of pyridine rings is 1. The van der Waals surface area contributed by atoms with Gasteiger partial charge in [-0.05, 0) is 31.0 Å². The molecule has 1 aromatic carbocycles. The maximum atomic E-state index is 6.07. The molecule has 1 unspecified atom stereocenters. The highest BCUT2D eigenvalue weighted by atomic mass is 16.5. The summed E-state index contributed by atoms with van der Waals surface area (Å²) in [6.07, 6.45) is 1.77. The minimum Gasteiger partial charge on any atom is -0.475 e. The predicted octanol–water partition coefficient (Wildman–Crippen LogP) is 2.95. The van der Waals surface area contributed by atoms with E-state index in [1.807, 2.05) is 12.1 Å². The highest BCUT2D eigenvalue weighted by Gasteiger charge is 2.25. The van der Waals surface area contributed by atoms with E-state index in [2.05, 4.69) is 53.3 Å². The van der Waals surface area contributed by atoms with Gasteiger partial charge in [-0.2, -0.15) is 0 Å². The number of benzene rings is 1. The average molecular weight is 413 g/mol. The molecule has 1 saturated heterocycles. The van der Waals surface area contributed by atoms with Crippen molar-refractivity contribution in [1.82, 2.24) is 15.2 Å². The van der Waals surface area contributed by atoms with Crippen LogP contribution < -0.4 is 10.1 Å². The molecule has 0 spiro atoms. The van der Waals surface area contributed by atoms with Crippen LogP contribution in [0.25, 0.3) is 0 Å². The molecule has 7 nitrogen and oxygen atoms in total. The zero-order valence-corrected chi connectivity index (χ0v) is 18.1. The van der Waals surface area contributed by atoms with E-state index in [0.717, 1.165) is 31.2 Å². The van der Waals surface area contributed by atoms with Gasteiger partial charge in [0.2, 0.25) is 5.88 Å². The van der Waals surface area contributed by atoms with Crippen LogP contribution in [0.4, 0.5) is 0 Å². The van der Waals surface area contributed by atoms with Gasteiger partial charge in [-0.3, -0.25) is 0 Å². The number of hydrogen-bond donors (Lipinski definition) is 1. The number of nitrogens with zero attached hydrogens (tertiary/aromatic N) is 3. The van der Waals surface area contributed by atoms with Gasteiger partial charge in [0, 0.05) is 32.0 Å². The van der Waals surface area contributed by atoms with Gasteiger partial charge in [0.15, 0.2) is 5.96 Å². The largest absolute Gasteiger partial charge is 0.475 e. The van der Waals surface area contributed by atoms with Crippen LogP contribution in [-0.2, 0) is 16.0 Å². The molecular weight excluding hydrogens is 380 g/mol. The van der Waals surface area contributed by atoms with Gasteiger partial charge in [-0.15, -0.1) is 0 Å². The van der Waals surface area contributed by atoms with E-state index in [1.54, 1.807) is 13.3 Å². The van der Waals surface area contributed by atoms with Crippen molar-refractivity contribution in [2.75, 3.05) is 46.6 Å². The molecule has 1 aromatic heterocycles. The molecule has 0 amide bonds. The van der Waals surface area contributed by atoms with Crippen LogP contribution in [0.5, 0.6) is 5.88 Å². The lowest BCUT2D eigenvalue weighted by Gasteiger charge is -2.35. The second-order valence-corrected chi connectivity index (χ2v) is 7.14. The van der Waals surface area contributed by atoms with Gasteiger partial charge < -0.3 is 24.4 Å². The Labute approximate surface area is 179 Å². The molecule has 0 aliphatic carbocycles. The van der Waals surface area contributed by atoms with Crippen molar-refractivity contribution >= 4 is 5.96 Å². The smallest absolute Gasteiger partial charge is 0.218 e. The second kappa shape index (κ2) is 11.5. The van der Waals surface area contributed by atoms with E-state index >= 15 is 0 Å². The quantitative estimate of drug-likeness (QED) is 0.408. The van der Waals surface area contributed by atoms with E-state index in [0.29, 0.717) is 32.2 Å². The molecule has 2 aromatic rings. The Morgan fingerprint density at radius 2 is 2.13 bits per heavy atom. The number of guanidine groups is 1. The lowest BCUT2D eigenvalue weighted by Crippen LogP contribution is -2.48. The van der Waals surface area contributed by atoms with Crippen LogP contribution in [-0.4, -0.2) is 62.4 Å². The predicted molar refractivity (Wildman–Crippen MR) is 118 cm³/mol. The highest BCUT2D eigenvalue weighted by molar-refractivity contribution is 5.80. The zero-order chi connectivity index (χ0) is 21.2. The molecule has 2 heterocycles. The van der Waals surface area contributed by atoms with E-state index in [9.17, 15) is 0 Å². The van der Waals surface area contributed by atoms with Crippen LogP contribution in [0, 0.1) is 6.92 Å². The molecule has 1 aliphatic heterocycles. The normalized spacial score (nSPS) is 17.1. The molecule has 0 saturated carbocycles. The summed E-state index contributed by atoms with van der Waals surface area (Å²) in [6.45, 7) is 8.73. The number of methoxy groups -OCH3 is 1. The van der Waals surface area contributed by atoms with Crippen molar-refractivity contribution in [2.45, 2.75) is 26.5 Å². The molecule has 3 rings (SSSR count). The van der Waals surface area contributed by atoms with Crippen LogP contribution in [0.1, 0.15) is 29.7 Å². The maximum absolute atomic E-state index is 6.07. The fraction of sp³-hybridized carbons (Fsp3) is 0.478. The molecule has 30 heavy (non-hydrogen) atoms. The molecule has 1 atom stereocenters. The van der Waals surface area contributed by atoms with Crippen molar-refractivity contribution < 1.29 is 14.2 Å². The van der Waals surface area contributed by atoms with Crippen molar-refractivity contribution in [3.05, 3.63) is 59.3 Å². The van der Waals surface area contributed by atoms with Gasteiger partial charge in [0.25, 0.3) is 0 Å². The summed E-state index contributed by atoms with van der Waals surface area (Å²) >= 11 is 0. The summed E-state index contributed by atoms with van der Waals surface area (Å²) in [4.78, 5) is 11.5. The van der Waals surface area contributed by atoms with Crippen molar-refractivity contribution in [2.24, 2.45) is 4.99 Å². The summed E-state index contributed by atoms with van der Waals surface area (Å²) in [5.74, 6) is 1.49. The number of aromatic nitrogens is 1. The number of nitrogens with one attached hydrogen (secondary N) is 1. The number of morpholine rings is 1. The summed E-state index contributed by atoms with van der Waals surface area (Å²) in [7, 11) is 1.65. The monoisotopic (exact) mass is 412 g/mol. The average Bonchev–Trinajstić information content (AvgIpc) is 2.78. The molecule has 0 radical (unpaired) electrons. The molecule has 162 valence electrons. The molecule has 1 fully saturated rings. The first-order valence-corrected chi connectivity index (χ1v) is 10.5. The van der Waals surface area contributed by atoms with Gasteiger partial charge >= 0.3 is 0 Å². The number of rotatable bonds is 8. The zero-order valence-electron chi connectivity index (χ0n) is 18.1. The SMILES string of the molecule is CCNC(=NCc1cccnc1OCCOC)N1CCOC(c2ccccc2C)C1. The van der Waals surface area contributed by atoms with E-state index in [1.165, 1.54) is 11.1 Å². The first-order chi connectivity index (χ1) is 14.7. The standard InChI is InChI=1S/C23H32N4O3/c1-4-24-23(26-16-19-9-7-11-25-22(19)30-15-14-28-3)27-12-13-29-21(17-27)20-10-6-5-8-18(20)2/h5-11,21H,4,12-17H2,1-3H3,(H,24,26). The van der Waals surface area contributed by atoms with E-state index in [4.69, 9.17) is 19.2 Å². The summed E-state index contributed by atoms with van der Waals surface area (Å²) < 4.78 is 16.9. The fourth-order valence-corrected chi connectivity index (χ4v) is 3.46. The fourth-order valence-electron chi connectivity index (χ4n) is 3.46. The first kappa shape index (κ1) is 22.1. The van der Waals surface area contributed by atoms with Crippen LogP contribution >= 0.6 is 0 Å². The lowest BCUT2D eigenvalue weighted by atomic mass is 10.0. The van der Waals surface area contributed by atoms with Crippen LogP contribution in [0.2, 0.25) is 0 Å². The Balaban J connectivity index is 1.72. The molecule has 1 aliphatic rings. The lowest BCUT2D eigenvalue weighted by molar-refractivity contribution is -0.00834. The van der Waals surface area contributed by atoms with E-state index < -0.39 is 0 Å². The number of aliphatic imine (C=N–C) groups is 1. The maximum Gasteiger partial charge on any atom is 0.218 e. The Kier molecular flexibility index (Phi) is 8.47. The summed E-state index contributed by atoms with van der Waals surface area (Å²) in [6, 6.07) is 12.3. The highest BCUT2D eigenvalue weighted by Crippen LogP contribution is 2.25. The van der Waals surface area contributed by atoms with E-state index in [-0.39, 0.29) is 6.10 Å². The minimum absolute atomic E-state index is 0.0372. The molecular formula is C23H32N4O3. The van der Waals surface area contributed by atoms with Crippen molar-refractivity contribution in [3.8, 4) is 5.88 Å². The van der Waals surface area contributed by atoms with Gasteiger partial charge in [-0.25, -0.2) is 9.98 Å². The third-order valence-corrected chi connectivity index (χ3v) is 5.01. The Bertz CT molecular complexity index is 828. The minimum atomic E-state index is 0.0372. The first-order valence-electron chi connectivity index (χ1n) is 10.5. The Morgan fingerprint density at radius 3 is 2.93 bits per heavy atom. The summed E-state index contributed by atoms with van der Waals surface area (Å²) in [5.41, 5.74) is 3.44. The van der Waals surface area contributed by atoms with Crippen molar-refractivity contribution in [1.29, 1.82) is 0 Å². The molecule has 7 heteroatoms. The van der Waals surface area contributed by atoms with Crippen LogP contribution in [0.3, 0.4) is 0 Å². The van der Waals surface area contributed by atoms with Gasteiger partial charge in [-0.1, -0.05) is 30.3 Å². The second-order valence-electron chi connectivity index (χ2n) is 7.14. The third-order valence-electron chi connectivity index (χ3n) is 5.01. The Morgan fingerprint density at radius 1 is 1.27 bits per heavy atom. The molecule has 0 bridgehead atoms. The third kappa shape index (κ3) is 5.93. The molecule has 1 N–H and O–H groups in total. The van der Waals surface area contributed by atoms with Crippen LogP contribution in [0.15, 0.2) is 47.6 Å². The van der Waals surface area contributed by atoms with Gasteiger partial charge in [0.05, 0.1) is 26.3 Å². The number of hydrogen-bond acceptors (Lipinski definition) is 5. The van der Waals surface area contributed by atoms with Crippen molar-refractivity contribution in [3.63, 3.8) is 0 Å².